The van der Waals surface area contributed by atoms with Crippen molar-refractivity contribution in [1.82, 2.24) is 5.32 Å². The average Bonchev–Trinajstić information content (AvgIpc) is 3.25. The molecule has 0 aromatic heterocycles. The lowest BCUT2D eigenvalue weighted by atomic mass is 9.95. The van der Waals surface area contributed by atoms with Gasteiger partial charge in [-0.25, -0.2) is 8.42 Å². The molecule has 1 amide bonds. The first-order chi connectivity index (χ1) is 12.9. The van der Waals surface area contributed by atoms with E-state index in [1.807, 2.05) is 6.92 Å². The van der Waals surface area contributed by atoms with E-state index in [1.165, 1.54) is 19.3 Å². The van der Waals surface area contributed by atoms with Crippen LogP contribution in [-0.4, -0.2) is 20.4 Å². The first kappa shape index (κ1) is 18.0. The number of hydrogen-bond acceptors (Lipinski definition) is 3. The molecule has 2 fully saturated rings. The molecule has 2 N–H and O–H groups in total. The summed E-state index contributed by atoms with van der Waals surface area (Å²) in [5.74, 6) is 1.08. The fourth-order valence-electron chi connectivity index (χ4n) is 4.36. The highest BCUT2D eigenvalue weighted by molar-refractivity contribution is 7.92. The molecular formula is C21H24N2O3S. The van der Waals surface area contributed by atoms with Gasteiger partial charge in [0, 0.05) is 6.04 Å². The Morgan fingerprint density at radius 2 is 1.74 bits per heavy atom. The molecule has 142 valence electrons. The number of nitrogens with one attached hydrogen (secondary N) is 2. The predicted molar refractivity (Wildman–Crippen MR) is 105 cm³/mol. The molecule has 0 unspecified atom stereocenters. The van der Waals surface area contributed by atoms with Crippen molar-refractivity contribution in [2.45, 2.75) is 43.5 Å². The van der Waals surface area contributed by atoms with Gasteiger partial charge in [0.1, 0.15) is 0 Å². The van der Waals surface area contributed by atoms with Crippen molar-refractivity contribution >= 4 is 21.6 Å². The van der Waals surface area contributed by atoms with Crippen LogP contribution in [0, 0.1) is 18.8 Å². The SMILES string of the molecule is Cc1ccc(S(=O)(=O)Nc2ccccc2C(=O)N[C@@H]2C[C@@H]3CC[C@@H]2C3)cc1. The number of sulfonamides is 1. The number of rotatable bonds is 5. The second-order valence-corrected chi connectivity index (χ2v) is 9.40. The van der Waals surface area contributed by atoms with E-state index >= 15 is 0 Å². The summed E-state index contributed by atoms with van der Waals surface area (Å²) in [5, 5.41) is 3.13. The van der Waals surface area contributed by atoms with Crippen LogP contribution in [0.2, 0.25) is 0 Å². The number of benzene rings is 2. The lowest BCUT2D eigenvalue weighted by Gasteiger charge is -2.23. The molecular weight excluding hydrogens is 360 g/mol. The minimum absolute atomic E-state index is 0.177. The predicted octanol–water partition coefficient (Wildman–Crippen LogP) is 3.71. The summed E-state index contributed by atoms with van der Waals surface area (Å²) in [6.45, 7) is 1.90. The minimum atomic E-state index is -3.75. The monoisotopic (exact) mass is 384 g/mol. The average molecular weight is 385 g/mol. The van der Waals surface area contributed by atoms with Gasteiger partial charge in [0.15, 0.2) is 0 Å². The molecule has 0 saturated heterocycles. The minimum Gasteiger partial charge on any atom is -0.349 e. The Morgan fingerprint density at radius 3 is 2.41 bits per heavy atom. The van der Waals surface area contributed by atoms with Gasteiger partial charge in [0.2, 0.25) is 0 Å². The molecule has 0 heterocycles. The molecule has 2 aliphatic rings. The van der Waals surface area contributed by atoms with E-state index in [2.05, 4.69) is 10.0 Å². The van der Waals surface area contributed by atoms with Gasteiger partial charge in [-0.2, -0.15) is 0 Å². The quantitative estimate of drug-likeness (QED) is 0.825. The summed E-state index contributed by atoms with van der Waals surface area (Å²) < 4.78 is 28.0. The van der Waals surface area contributed by atoms with Gasteiger partial charge in [-0.05, 0) is 62.3 Å². The van der Waals surface area contributed by atoms with Crippen molar-refractivity contribution in [1.29, 1.82) is 0 Å². The van der Waals surface area contributed by atoms with Gasteiger partial charge in [-0.15, -0.1) is 0 Å². The van der Waals surface area contributed by atoms with Crippen LogP contribution in [-0.2, 0) is 10.0 Å². The van der Waals surface area contributed by atoms with Gasteiger partial charge >= 0.3 is 0 Å². The molecule has 0 aliphatic heterocycles. The van der Waals surface area contributed by atoms with E-state index in [0.29, 0.717) is 17.2 Å². The molecule has 27 heavy (non-hydrogen) atoms. The lowest BCUT2D eigenvalue weighted by molar-refractivity contribution is 0.0924. The Morgan fingerprint density at radius 1 is 1.00 bits per heavy atom. The first-order valence-electron chi connectivity index (χ1n) is 9.42. The van der Waals surface area contributed by atoms with E-state index in [9.17, 15) is 13.2 Å². The summed E-state index contributed by atoms with van der Waals surface area (Å²) >= 11 is 0. The topological polar surface area (TPSA) is 75.3 Å². The Labute approximate surface area is 160 Å². The van der Waals surface area contributed by atoms with Crippen LogP contribution in [0.5, 0.6) is 0 Å². The first-order valence-corrected chi connectivity index (χ1v) is 10.9. The van der Waals surface area contributed by atoms with E-state index < -0.39 is 10.0 Å². The van der Waals surface area contributed by atoms with Crippen LogP contribution in [0.4, 0.5) is 5.69 Å². The second-order valence-electron chi connectivity index (χ2n) is 7.72. The highest BCUT2D eigenvalue weighted by Crippen LogP contribution is 2.44. The molecule has 0 radical (unpaired) electrons. The number of para-hydroxylation sites is 1. The summed E-state index contributed by atoms with van der Waals surface area (Å²) in [6, 6.07) is 13.6. The number of carbonyl (C=O) groups is 1. The number of fused-ring (bicyclic) bond motifs is 2. The molecule has 0 spiro atoms. The number of amides is 1. The Bertz CT molecular complexity index is 954. The number of anilines is 1. The zero-order chi connectivity index (χ0) is 19.0. The summed E-state index contributed by atoms with van der Waals surface area (Å²) in [7, 11) is -3.75. The Balaban J connectivity index is 1.54. The third-order valence-electron chi connectivity index (χ3n) is 5.80. The molecule has 2 aliphatic carbocycles. The molecule has 2 bridgehead atoms. The van der Waals surface area contributed by atoms with Gasteiger partial charge in [0.05, 0.1) is 16.1 Å². The van der Waals surface area contributed by atoms with Crippen molar-refractivity contribution in [2.75, 3.05) is 4.72 Å². The molecule has 2 aromatic carbocycles. The Kier molecular flexibility index (Phi) is 4.68. The third kappa shape index (κ3) is 3.72. The molecule has 4 rings (SSSR count). The number of hydrogen-bond donors (Lipinski definition) is 2. The third-order valence-corrected chi connectivity index (χ3v) is 7.18. The maximum atomic E-state index is 12.8. The van der Waals surface area contributed by atoms with Crippen molar-refractivity contribution in [3.8, 4) is 0 Å². The van der Waals surface area contributed by atoms with E-state index in [-0.39, 0.29) is 16.8 Å². The zero-order valence-electron chi connectivity index (χ0n) is 15.3. The van der Waals surface area contributed by atoms with E-state index in [4.69, 9.17) is 0 Å². The summed E-state index contributed by atoms with van der Waals surface area (Å²) in [4.78, 5) is 13.0. The van der Waals surface area contributed by atoms with Crippen LogP contribution in [0.3, 0.4) is 0 Å². The van der Waals surface area contributed by atoms with Crippen molar-refractivity contribution < 1.29 is 13.2 Å². The van der Waals surface area contributed by atoms with Crippen molar-refractivity contribution in [2.24, 2.45) is 11.8 Å². The van der Waals surface area contributed by atoms with Crippen LogP contribution in [0.25, 0.3) is 0 Å². The fraction of sp³-hybridized carbons (Fsp3) is 0.381. The molecule has 2 aromatic rings. The molecule has 5 nitrogen and oxygen atoms in total. The normalized spacial score (nSPS) is 24.0. The maximum Gasteiger partial charge on any atom is 0.261 e. The molecule has 3 atom stereocenters. The molecule has 2 saturated carbocycles. The standard InChI is InChI=1S/C21H24N2O3S/c1-14-6-10-17(11-7-14)27(25,26)23-19-5-3-2-4-18(19)21(24)22-20-13-15-8-9-16(20)12-15/h2-7,10-11,15-16,20,23H,8-9,12-13H2,1H3,(H,22,24)/t15-,16-,20-/m1/s1. The van der Waals surface area contributed by atoms with Crippen LogP contribution >= 0.6 is 0 Å². The van der Waals surface area contributed by atoms with Gasteiger partial charge in [0.25, 0.3) is 15.9 Å². The second kappa shape index (κ2) is 7.00. The van der Waals surface area contributed by atoms with E-state index in [1.54, 1.807) is 48.5 Å². The smallest absolute Gasteiger partial charge is 0.261 e. The number of carbonyl (C=O) groups excluding carboxylic acids is 1. The van der Waals surface area contributed by atoms with Gasteiger partial charge < -0.3 is 5.32 Å². The zero-order valence-corrected chi connectivity index (χ0v) is 16.1. The van der Waals surface area contributed by atoms with Crippen LogP contribution < -0.4 is 10.0 Å². The van der Waals surface area contributed by atoms with Crippen molar-refractivity contribution in [3.63, 3.8) is 0 Å². The fourth-order valence-corrected chi connectivity index (χ4v) is 5.44. The summed E-state index contributed by atoms with van der Waals surface area (Å²) in [6.07, 6.45) is 4.68. The van der Waals surface area contributed by atoms with Crippen LogP contribution in [0.15, 0.2) is 53.4 Å². The maximum absolute atomic E-state index is 12.8. The van der Waals surface area contributed by atoms with Gasteiger partial charge in [-0.1, -0.05) is 36.2 Å². The largest absolute Gasteiger partial charge is 0.349 e. The highest BCUT2D eigenvalue weighted by Gasteiger charge is 2.40. The van der Waals surface area contributed by atoms with E-state index in [0.717, 1.165) is 17.9 Å². The summed E-state index contributed by atoms with van der Waals surface area (Å²) in [5.41, 5.74) is 1.65. The lowest BCUT2D eigenvalue weighted by Crippen LogP contribution is -2.38. The number of aryl methyl sites for hydroxylation is 1. The highest BCUT2D eigenvalue weighted by atomic mass is 32.2. The Hall–Kier alpha value is -2.34. The van der Waals surface area contributed by atoms with Crippen LogP contribution in [0.1, 0.15) is 41.6 Å². The van der Waals surface area contributed by atoms with Gasteiger partial charge in [-0.3, -0.25) is 9.52 Å². The van der Waals surface area contributed by atoms with Crippen molar-refractivity contribution in [3.05, 3.63) is 59.7 Å². The molecule has 6 heteroatoms.